The highest BCUT2D eigenvalue weighted by molar-refractivity contribution is 9.10. The second-order valence-electron chi connectivity index (χ2n) is 5.54. The van der Waals surface area contributed by atoms with Crippen LogP contribution in [0, 0.1) is 0 Å². The van der Waals surface area contributed by atoms with Gasteiger partial charge < -0.3 is 5.32 Å². The van der Waals surface area contributed by atoms with Crippen LogP contribution in [-0.2, 0) is 24.9 Å². The van der Waals surface area contributed by atoms with Gasteiger partial charge in [-0.25, -0.2) is 8.78 Å². The fourth-order valence-electron chi connectivity index (χ4n) is 2.43. The number of hydrogen-bond acceptors (Lipinski definition) is 3. The Labute approximate surface area is 140 Å². The summed E-state index contributed by atoms with van der Waals surface area (Å²) < 4.78 is 29.4. The van der Waals surface area contributed by atoms with Gasteiger partial charge in [0.05, 0.1) is 22.4 Å². The molecule has 124 valence electrons. The SMILES string of the molecule is Cn1nccc1CNC(=O)Cn1nc(C(F)F)c(Br)c1C1CC1. The Morgan fingerprint density at radius 3 is 2.83 bits per heavy atom. The fourth-order valence-corrected chi connectivity index (χ4v) is 3.22. The van der Waals surface area contributed by atoms with E-state index in [1.54, 1.807) is 24.0 Å². The van der Waals surface area contributed by atoms with Gasteiger partial charge in [-0.05, 0) is 34.8 Å². The Balaban J connectivity index is 1.70. The van der Waals surface area contributed by atoms with Crippen molar-refractivity contribution in [2.75, 3.05) is 0 Å². The van der Waals surface area contributed by atoms with Crippen molar-refractivity contribution in [1.82, 2.24) is 24.9 Å². The summed E-state index contributed by atoms with van der Waals surface area (Å²) in [6.07, 6.45) is 0.847. The Kier molecular flexibility index (Phi) is 4.47. The Morgan fingerprint density at radius 1 is 1.52 bits per heavy atom. The molecule has 0 aromatic carbocycles. The summed E-state index contributed by atoms with van der Waals surface area (Å²) in [5.41, 5.74) is 1.25. The lowest BCUT2D eigenvalue weighted by Crippen LogP contribution is -2.29. The van der Waals surface area contributed by atoms with E-state index in [0.29, 0.717) is 16.7 Å². The average Bonchev–Trinajstić information content (AvgIpc) is 3.15. The predicted molar refractivity (Wildman–Crippen MR) is 81.9 cm³/mol. The van der Waals surface area contributed by atoms with E-state index in [4.69, 9.17) is 0 Å². The van der Waals surface area contributed by atoms with Crippen molar-refractivity contribution in [3.05, 3.63) is 33.8 Å². The van der Waals surface area contributed by atoms with Crippen molar-refractivity contribution < 1.29 is 13.6 Å². The van der Waals surface area contributed by atoms with Gasteiger partial charge in [0.25, 0.3) is 6.43 Å². The minimum absolute atomic E-state index is 0.0744. The van der Waals surface area contributed by atoms with E-state index >= 15 is 0 Å². The number of aromatic nitrogens is 4. The van der Waals surface area contributed by atoms with E-state index in [1.807, 2.05) is 0 Å². The van der Waals surface area contributed by atoms with Gasteiger partial charge in [0.15, 0.2) is 0 Å². The number of carbonyl (C=O) groups is 1. The monoisotopic (exact) mass is 387 g/mol. The quantitative estimate of drug-likeness (QED) is 0.827. The first-order valence-corrected chi connectivity index (χ1v) is 8.04. The van der Waals surface area contributed by atoms with Gasteiger partial charge in [0, 0.05) is 19.2 Å². The van der Waals surface area contributed by atoms with E-state index in [0.717, 1.165) is 18.5 Å². The molecule has 1 amide bonds. The lowest BCUT2D eigenvalue weighted by atomic mass is 10.2. The highest BCUT2D eigenvalue weighted by Gasteiger charge is 2.34. The first-order chi connectivity index (χ1) is 11.0. The van der Waals surface area contributed by atoms with Crippen LogP contribution in [0.3, 0.4) is 0 Å². The maximum absolute atomic E-state index is 13.0. The Hall–Kier alpha value is -1.77. The van der Waals surface area contributed by atoms with E-state index in [2.05, 4.69) is 31.4 Å². The van der Waals surface area contributed by atoms with Gasteiger partial charge in [-0.1, -0.05) is 0 Å². The highest BCUT2D eigenvalue weighted by Crippen LogP contribution is 2.45. The summed E-state index contributed by atoms with van der Waals surface area (Å²) in [4.78, 5) is 12.1. The molecule has 6 nitrogen and oxygen atoms in total. The Morgan fingerprint density at radius 2 is 2.26 bits per heavy atom. The molecule has 0 unspecified atom stereocenters. The number of aryl methyl sites for hydroxylation is 1. The molecule has 2 aromatic rings. The van der Waals surface area contributed by atoms with Crippen LogP contribution >= 0.6 is 15.9 Å². The van der Waals surface area contributed by atoms with Crippen molar-refractivity contribution in [2.24, 2.45) is 7.05 Å². The van der Waals surface area contributed by atoms with Crippen molar-refractivity contribution >= 4 is 21.8 Å². The van der Waals surface area contributed by atoms with E-state index in [-0.39, 0.29) is 24.1 Å². The lowest BCUT2D eigenvalue weighted by molar-refractivity contribution is -0.122. The summed E-state index contributed by atoms with van der Waals surface area (Å²) in [6, 6.07) is 1.80. The molecule has 9 heteroatoms. The second kappa shape index (κ2) is 6.38. The number of hydrogen-bond donors (Lipinski definition) is 1. The van der Waals surface area contributed by atoms with Crippen LogP contribution in [0.25, 0.3) is 0 Å². The minimum atomic E-state index is -2.67. The molecule has 0 spiro atoms. The number of halogens is 3. The molecular formula is C14H16BrF2N5O. The van der Waals surface area contributed by atoms with E-state index in [1.165, 1.54) is 4.68 Å². The predicted octanol–water partition coefficient (Wildman–Crippen LogP) is 2.51. The normalized spacial score (nSPS) is 14.5. The van der Waals surface area contributed by atoms with Gasteiger partial charge in [-0.2, -0.15) is 10.2 Å². The molecule has 3 rings (SSSR count). The molecule has 0 atom stereocenters. The molecule has 1 saturated carbocycles. The minimum Gasteiger partial charge on any atom is -0.349 e. The van der Waals surface area contributed by atoms with Crippen LogP contribution in [-0.4, -0.2) is 25.5 Å². The zero-order valence-corrected chi connectivity index (χ0v) is 14.1. The van der Waals surface area contributed by atoms with Crippen LogP contribution in [0.1, 0.15) is 42.3 Å². The zero-order chi connectivity index (χ0) is 16.6. The summed E-state index contributed by atoms with van der Waals surface area (Å²) >= 11 is 3.21. The summed E-state index contributed by atoms with van der Waals surface area (Å²) in [7, 11) is 1.78. The standard InChI is InChI=1S/C14H16BrF2N5O/c1-21-9(4-5-19-21)6-18-10(23)7-22-13(8-2-3-8)11(15)12(20-22)14(16)17/h4-5,8,14H,2-3,6-7H2,1H3,(H,18,23). The Bertz CT molecular complexity index is 723. The molecule has 2 aromatic heterocycles. The zero-order valence-electron chi connectivity index (χ0n) is 12.5. The molecule has 0 bridgehead atoms. The number of amides is 1. The molecule has 0 saturated heterocycles. The van der Waals surface area contributed by atoms with Crippen LogP contribution < -0.4 is 5.32 Å². The van der Waals surface area contributed by atoms with Gasteiger partial charge in [-0.3, -0.25) is 14.2 Å². The van der Waals surface area contributed by atoms with E-state index < -0.39 is 6.43 Å². The summed E-state index contributed by atoms with van der Waals surface area (Å²) in [6.45, 7) is 0.257. The molecule has 0 radical (unpaired) electrons. The second-order valence-corrected chi connectivity index (χ2v) is 6.33. The maximum Gasteiger partial charge on any atom is 0.283 e. The topological polar surface area (TPSA) is 64.7 Å². The first-order valence-electron chi connectivity index (χ1n) is 7.25. The van der Waals surface area contributed by atoms with Crippen LogP contribution in [0.15, 0.2) is 16.7 Å². The summed E-state index contributed by atoms with van der Waals surface area (Å²) in [5.74, 6) is -0.0711. The smallest absolute Gasteiger partial charge is 0.283 e. The first kappa shape index (κ1) is 16.1. The van der Waals surface area contributed by atoms with E-state index in [9.17, 15) is 13.6 Å². The third-order valence-corrected chi connectivity index (χ3v) is 4.62. The van der Waals surface area contributed by atoms with Gasteiger partial charge in [-0.15, -0.1) is 0 Å². The van der Waals surface area contributed by atoms with Crippen molar-refractivity contribution in [3.63, 3.8) is 0 Å². The van der Waals surface area contributed by atoms with Crippen LogP contribution in [0.2, 0.25) is 0 Å². The van der Waals surface area contributed by atoms with Crippen molar-refractivity contribution in [2.45, 2.75) is 38.3 Å². The molecule has 1 fully saturated rings. The fraction of sp³-hybridized carbons (Fsp3) is 0.500. The number of rotatable bonds is 6. The number of alkyl halides is 2. The third kappa shape index (κ3) is 3.44. The third-order valence-electron chi connectivity index (χ3n) is 3.81. The van der Waals surface area contributed by atoms with Crippen LogP contribution in [0.4, 0.5) is 8.78 Å². The molecule has 1 aliphatic carbocycles. The van der Waals surface area contributed by atoms with Crippen LogP contribution in [0.5, 0.6) is 0 Å². The lowest BCUT2D eigenvalue weighted by Gasteiger charge is -2.08. The molecular weight excluding hydrogens is 372 g/mol. The number of nitrogens with one attached hydrogen (secondary N) is 1. The van der Waals surface area contributed by atoms with Crippen molar-refractivity contribution in [1.29, 1.82) is 0 Å². The van der Waals surface area contributed by atoms with Crippen molar-refractivity contribution in [3.8, 4) is 0 Å². The van der Waals surface area contributed by atoms with Gasteiger partial charge >= 0.3 is 0 Å². The summed E-state index contributed by atoms with van der Waals surface area (Å²) in [5, 5.41) is 10.7. The number of nitrogens with zero attached hydrogens (tertiary/aromatic N) is 4. The molecule has 0 aliphatic heterocycles. The number of carbonyl (C=O) groups excluding carboxylic acids is 1. The maximum atomic E-state index is 13.0. The largest absolute Gasteiger partial charge is 0.349 e. The average molecular weight is 388 g/mol. The molecule has 1 aliphatic rings. The molecule has 2 heterocycles. The van der Waals surface area contributed by atoms with Gasteiger partial charge in [0.2, 0.25) is 5.91 Å². The van der Waals surface area contributed by atoms with Gasteiger partial charge in [0.1, 0.15) is 12.2 Å². The molecule has 23 heavy (non-hydrogen) atoms. The molecule has 1 N–H and O–H groups in total. The highest BCUT2D eigenvalue weighted by atomic mass is 79.9.